The van der Waals surface area contributed by atoms with Gasteiger partial charge >= 0.3 is 6.01 Å². The first kappa shape index (κ1) is 55.4. The topological polar surface area (TPSA) is 186 Å². The van der Waals surface area contributed by atoms with E-state index in [2.05, 4.69) is 59.6 Å². The van der Waals surface area contributed by atoms with Crippen LogP contribution in [0.2, 0.25) is 0 Å². The highest BCUT2D eigenvalue weighted by atomic mass is 32.1. The number of hydrogen-bond acceptors (Lipinski definition) is 14. The Bertz CT molecular complexity index is 3490. The van der Waals surface area contributed by atoms with E-state index in [9.17, 15) is 19.2 Å². The van der Waals surface area contributed by atoms with E-state index < -0.39 is 5.82 Å². The first-order valence-corrected chi connectivity index (χ1v) is 28.2. The van der Waals surface area contributed by atoms with Crippen molar-refractivity contribution in [1.82, 2.24) is 45.5 Å². The fourth-order valence-corrected chi connectivity index (χ4v) is 11.5. The summed E-state index contributed by atoms with van der Waals surface area (Å²) in [5, 5.41) is 28.0. The molecule has 0 spiro atoms. The normalized spacial score (nSPS) is 18.5. The second-order valence-corrected chi connectivity index (χ2v) is 22.0. The lowest BCUT2D eigenvalue weighted by molar-refractivity contribution is -0.118. The second-order valence-electron chi connectivity index (χ2n) is 21.2. The minimum absolute atomic E-state index is 0.0443. The summed E-state index contributed by atoms with van der Waals surface area (Å²) in [6.07, 6.45) is 10.2. The molecule has 8 aromatic rings. The van der Waals surface area contributed by atoms with Crippen LogP contribution < -0.4 is 25.0 Å². The average Bonchev–Trinajstić information content (AvgIpc) is 4.37. The smallest absolute Gasteiger partial charge is 0.319 e. The van der Waals surface area contributed by atoms with Crippen molar-refractivity contribution in [2.24, 2.45) is 5.92 Å². The molecule has 2 N–H and O–H groups in total. The predicted molar refractivity (Wildman–Crippen MR) is 305 cm³/mol. The maximum absolute atomic E-state index is 15.1. The molecule has 0 radical (unpaired) electrons. The van der Waals surface area contributed by atoms with E-state index in [1.54, 1.807) is 29.8 Å². The fourth-order valence-electron chi connectivity index (χ4n) is 10.6. The molecule has 4 saturated heterocycles. The van der Waals surface area contributed by atoms with Gasteiger partial charge in [0, 0.05) is 84.3 Å². The number of nitrogens with one attached hydrogen (secondary N) is 2. The Morgan fingerprint density at radius 2 is 1.71 bits per heavy atom. The van der Waals surface area contributed by atoms with E-state index in [0.29, 0.717) is 81.4 Å². The molecule has 4 aliphatic heterocycles. The fraction of sp³-hybridized carbons (Fsp3) is 0.377. The van der Waals surface area contributed by atoms with Crippen molar-refractivity contribution in [3.8, 4) is 51.5 Å². The van der Waals surface area contributed by atoms with E-state index in [1.807, 2.05) is 77.3 Å². The number of ether oxygens (including phenoxy) is 3. The molecular weight excluding hydrogens is 1040 g/mol. The number of pyridine rings is 1. The van der Waals surface area contributed by atoms with Gasteiger partial charge in [-0.1, -0.05) is 85.8 Å². The number of fused-ring (bicyclic) bond motifs is 4. The molecule has 5 unspecified atom stereocenters. The standard InChI is InChI=1S/C40H40FN9O3S.C15H14FNO.C6H11NO/c1-22(2)23(3)50-19-33(47-48-50)25-6-4-24(5-7-25)20-52-37-35(30-8-9-32(41)38-34(30)26(15-42)21-54-38)44-17-31-36(37)45-40(53-29-10-12-51-13-11-29)46-39(31)49-18-27-14-28(49)16-43-27;1-11(17-10-18)12-6-8-13(9-7-12)14-4-2-3-5-15(14)16;1-6-3-2-4-7(6)5-8/h4-9,17,19,21-23,27-29,43H,10-14,16,18,20H2,1-3H3;2-11H,1H3,(H,17,18);5-6H,2-4H2,1H3. The third-order valence-electron chi connectivity index (χ3n) is 15.7. The van der Waals surface area contributed by atoms with Crippen LogP contribution in [-0.2, 0) is 20.9 Å². The molecule has 5 atom stereocenters. The van der Waals surface area contributed by atoms with Gasteiger partial charge in [-0.15, -0.1) is 16.4 Å². The molecule has 0 saturated carbocycles. The van der Waals surface area contributed by atoms with Crippen LogP contribution >= 0.6 is 11.3 Å². The Labute approximate surface area is 468 Å². The van der Waals surface area contributed by atoms with Crippen molar-refractivity contribution >= 4 is 51.0 Å². The van der Waals surface area contributed by atoms with E-state index in [1.165, 1.54) is 36.3 Å². The van der Waals surface area contributed by atoms with Gasteiger partial charge in [-0.3, -0.25) is 14.6 Å². The number of anilines is 1. The van der Waals surface area contributed by atoms with E-state index in [-0.39, 0.29) is 42.7 Å². The van der Waals surface area contributed by atoms with Crippen LogP contribution in [0.5, 0.6) is 11.8 Å². The number of thiophene rings is 1. The lowest BCUT2D eigenvalue weighted by Crippen LogP contribution is -2.44. The largest absolute Gasteiger partial charge is 0.484 e. The summed E-state index contributed by atoms with van der Waals surface area (Å²) in [5.41, 5.74) is 7.03. The van der Waals surface area contributed by atoms with Crippen molar-refractivity contribution in [3.63, 3.8) is 0 Å². The van der Waals surface area contributed by atoms with Gasteiger partial charge in [-0.05, 0) is 80.8 Å². The summed E-state index contributed by atoms with van der Waals surface area (Å²) < 4.78 is 49.9. The third kappa shape index (κ3) is 12.1. The quantitative estimate of drug-likeness (QED) is 0.0925. The van der Waals surface area contributed by atoms with Crippen LogP contribution in [-0.4, -0.2) is 105 Å². The van der Waals surface area contributed by atoms with Gasteiger partial charge in [-0.25, -0.2) is 13.5 Å². The SMILES string of the molecule is CC(C)C(C)n1cc(-c2ccc(COc3c(-c4ccc(F)c5scc(C#N)c45)ncc4c(N5CC6CC5CN6)nc(OC5CCOCC5)nc34)cc2)nn1.CC(NC=O)c1ccc(-c2ccccc2F)cc1.CC1CCCN1C=O. The molecule has 4 fully saturated rings. The Kier molecular flexibility index (Phi) is 17.3. The zero-order chi connectivity index (χ0) is 55.9. The molecular formula is C61H65F2N11O5S. The van der Waals surface area contributed by atoms with E-state index in [4.69, 9.17) is 29.2 Å². The highest BCUT2D eigenvalue weighted by molar-refractivity contribution is 7.17. The number of piperazine rings is 1. The number of aromatic nitrogens is 6. The maximum atomic E-state index is 15.1. The predicted octanol–water partition coefficient (Wildman–Crippen LogP) is 11.0. The molecule has 19 heteroatoms. The average molecular weight is 1100 g/mol. The Morgan fingerprint density at radius 3 is 2.38 bits per heavy atom. The first-order valence-electron chi connectivity index (χ1n) is 27.4. The van der Waals surface area contributed by atoms with Gasteiger partial charge in [0.2, 0.25) is 12.8 Å². The number of nitriles is 1. The van der Waals surface area contributed by atoms with Crippen LogP contribution in [0, 0.1) is 28.9 Å². The Balaban J connectivity index is 0.000000227. The lowest BCUT2D eigenvalue weighted by Gasteiger charge is -2.30. The summed E-state index contributed by atoms with van der Waals surface area (Å²) in [6.45, 7) is 14.5. The van der Waals surface area contributed by atoms with Crippen LogP contribution in [0.1, 0.15) is 95.5 Å². The number of rotatable bonds is 15. The second kappa shape index (κ2) is 25.0. The summed E-state index contributed by atoms with van der Waals surface area (Å²) >= 11 is 1.20. The molecule has 12 rings (SSSR count). The van der Waals surface area contributed by atoms with Crippen molar-refractivity contribution < 1.29 is 32.6 Å². The number of amides is 2. The van der Waals surface area contributed by atoms with Crippen LogP contribution in [0.4, 0.5) is 14.6 Å². The summed E-state index contributed by atoms with van der Waals surface area (Å²) in [6, 6.07) is 29.2. The number of nitrogens with zero attached hydrogens (tertiary/aromatic N) is 9. The number of halogens is 2. The highest BCUT2D eigenvalue weighted by Gasteiger charge is 2.40. The zero-order valence-electron chi connectivity index (χ0n) is 45.5. The molecule has 2 amide bonds. The van der Waals surface area contributed by atoms with Gasteiger partial charge in [0.05, 0.1) is 47.1 Å². The number of carbonyl (C=O) groups is 2. The summed E-state index contributed by atoms with van der Waals surface area (Å²) in [5.74, 6) is 0.967. The van der Waals surface area contributed by atoms with Crippen molar-refractivity contribution in [2.45, 2.75) is 110 Å². The number of benzene rings is 4. The van der Waals surface area contributed by atoms with Gasteiger partial charge < -0.3 is 34.6 Å². The van der Waals surface area contributed by atoms with E-state index >= 15 is 4.39 Å². The van der Waals surface area contributed by atoms with Crippen molar-refractivity contribution in [1.29, 1.82) is 5.26 Å². The molecule has 0 aliphatic carbocycles. The molecule has 4 aromatic heterocycles. The molecule has 4 aromatic carbocycles. The molecule has 2 bridgehead atoms. The number of carbonyl (C=O) groups excluding carboxylic acids is 2. The monoisotopic (exact) mass is 1100 g/mol. The number of likely N-dealkylation sites (tertiary alicyclic amines) is 1. The maximum Gasteiger partial charge on any atom is 0.319 e. The van der Waals surface area contributed by atoms with Crippen molar-refractivity contribution in [2.75, 3.05) is 37.7 Å². The highest BCUT2D eigenvalue weighted by Crippen LogP contribution is 2.44. The molecule has 16 nitrogen and oxygen atoms in total. The molecule has 414 valence electrons. The Morgan fingerprint density at radius 1 is 0.938 bits per heavy atom. The minimum atomic E-state index is -0.392. The third-order valence-corrected chi connectivity index (χ3v) is 16.6. The van der Waals surface area contributed by atoms with Crippen LogP contribution in [0.25, 0.3) is 54.6 Å². The van der Waals surface area contributed by atoms with Crippen molar-refractivity contribution in [3.05, 3.63) is 131 Å². The van der Waals surface area contributed by atoms with E-state index in [0.717, 1.165) is 84.5 Å². The summed E-state index contributed by atoms with van der Waals surface area (Å²) in [4.78, 5) is 39.7. The lowest BCUT2D eigenvalue weighted by atomic mass is 10.0. The van der Waals surface area contributed by atoms with Crippen LogP contribution in [0.15, 0.2) is 103 Å². The van der Waals surface area contributed by atoms with Gasteiger partial charge in [0.1, 0.15) is 53.1 Å². The Hall–Kier alpha value is -7.92. The zero-order valence-corrected chi connectivity index (χ0v) is 46.3. The van der Waals surface area contributed by atoms with Gasteiger partial charge in [0.25, 0.3) is 0 Å². The molecule has 4 aliphatic rings. The van der Waals surface area contributed by atoms with Gasteiger partial charge in [0.15, 0.2) is 5.75 Å². The molecule has 80 heavy (non-hydrogen) atoms. The number of hydrogen-bond donors (Lipinski definition) is 2. The minimum Gasteiger partial charge on any atom is -0.484 e. The molecule has 8 heterocycles. The van der Waals surface area contributed by atoms with Gasteiger partial charge in [-0.2, -0.15) is 15.2 Å². The summed E-state index contributed by atoms with van der Waals surface area (Å²) in [7, 11) is 0. The van der Waals surface area contributed by atoms with Crippen LogP contribution in [0.3, 0.4) is 0 Å². The first-order chi connectivity index (χ1) is 38.9.